The fourth-order valence-corrected chi connectivity index (χ4v) is 3.30. The van der Waals surface area contributed by atoms with Crippen molar-refractivity contribution < 1.29 is 0 Å². The zero-order valence-electron chi connectivity index (χ0n) is 12.3. The Labute approximate surface area is 135 Å². The Hall–Kier alpha value is -1.97. The zero-order chi connectivity index (χ0) is 14.9. The van der Waals surface area contributed by atoms with Gasteiger partial charge in [-0.25, -0.2) is 0 Å². The average molecular weight is 312 g/mol. The Morgan fingerprint density at radius 2 is 1.82 bits per heavy atom. The highest BCUT2D eigenvalue weighted by Crippen LogP contribution is 2.37. The van der Waals surface area contributed by atoms with E-state index in [-0.39, 0.29) is 0 Å². The van der Waals surface area contributed by atoms with Crippen LogP contribution in [0.15, 0.2) is 42.6 Å². The maximum atomic E-state index is 6.22. The summed E-state index contributed by atoms with van der Waals surface area (Å²) >= 11 is 6.22. The van der Waals surface area contributed by atoms with Crippen LogP contribution in [-0.2, 0) is 0 Å². The molecule has 3 nitrogen and oxygen atoms in total. The molecule has 2 aromatic rings. The number of nitrogens with zero attached hydrogens (tertiary/aromatic N) is 1. The molecule has 4 heteroatoms. The lowest BCUT2D eigenvalue weighted by Crippen LogP contribution is -2.43. The van der Waals surface area contributed by atoms with Gasteiger partial charge < -0.3 is 15.5 Å². The summed E-state index contributed by atoms with van der Waals surface area (Å²) < 4.78 is 0. The number of fused-ring (bicyclic) bond motifs is 3. The minimum absolute atomic E-state index is 0.765. The molecule has 2 aromatic carbocycles. The average Bonchev–Trinajstić information content (AvgIpc) is 2.74. The largest absolute Gasteiger partial charge is 0.369 e. The summed E-state index contributed by atoms with van der Waals surface area (Å²) in [5, 5.41) is 7.50. The number of anilines is 2. The molecule has 2 aliphatic rings. The Morgan fingerprint density at radius 1 is 0.955 bits per heavy atom. The third-order valence-electron chi connectivity index (χ3n) is 4.29. The van der Waals surface area contributed by atoms with Gasteiger partial charge in [0.1, 0.15) is 0 Å². The van der Waals surface area contributed by atoms with Crippen LogP contribution in [0, 0.1) is 0 Å². The number of rotatable bonds is 1. The molecule has 0 bridgehead atoms. The molecule has 2 N–H and O–H groups in total. The van der Waals surface area contributed by atoms with Crippen molar-refractivity contribution in [2.75, 3.05) is 36.4 Å². The van der Waals surface area contributed by atoms with Crippen molar-refractivity contribution in [3.05, 3.63) is 53.2 Å². The van der Waals surface area contributed by atoms with Crippen molar-refractivity contribution in [2.24, 2.45) is 0 Å². The molecule has 0 radical (unpaired) electrons. The molecule has 0 saturated carbocycles. The molecule has 0 aliphatic carbocycles. The van der Waals surface area contributed by atoms with Crippen molar-refractivity contribution in [3.63, 3.8) is 0 Å². The molecule has 0 atom stereocenters. The van der Waals surface area contributed by atoms with Crippen LogP contribution >= 0.6 is 11.6 Å². The van der Waals surface area contributed by atoms with E-state index in [2.05, 4.69) is 39.8 Å². The van der Waals surface area contributed by atoms with Crippen molar-refractivity contribution in [1.82, 2.24) is 5.32 Å². The van der Waals surface area contributed by atoms with E-state index in [1.54, 1.807) is 0 Å². The molecule has 0 aromatic heterocycles. The minimum atomic E-state index is 0.765. The van der Waals surface area contributed by atoms with Gasteiger partial charge >= 0.3 is 0 Å². The summed E-state index contributed by atoms with van der Waals surface area (Å²) in [6.07, 6.45) is 4.10. The Bertz CT molecular complexity index is 733. The van der Waals surface area contributed by atoms with Crippen LogP contribution < -0.4 is 15.5 Å². The standard InChI is InChI=1S/C18H18ClN3/c19-14-2-4-18-17(11-14)16-12-15(22-9-7-20-8-10-22)3-1-13(16)5-6-21-18/h1-6,11-12,20-21H,7-10H2. The number of benzene rings is 2. The highest BCUT2D eigenvalue weighted by Gasteiger charge is 2.16. The van der Waals surface area contributed by atoms with Crippen LogP contribution in [-0.4, -0.2) is 26.2 Å². The highest BCUT2D eigenvalue weighted by atomic mass is 35.5. The summed E-state index contributed by atoms with van der Waals surface area (Å²) in [7, 11) is 0. The minimum Gasteiger partial charge on any atom is -0.369 e. The number of halogens is 1. The van der Waals surface area contributed by atoms with E-state index in [1.807, 2.05) is 24.4 Å². The molecular weight excluding hydrogens is 294 g/mol. The molecule has 1 saturated heterocycles. The topological polar surface area (TPSA) is 27.3 Å². The number of hydrogen-bond acceptors (Lipinski definition) is 3. The van der Waals surface area contributed by atoms with E-state index in [4.69, 9.17) is 11.6 Å². The number of nitrogens with one attached hydrogen (secondary N) is 2. The third-order valence-corrected chi connectivity index (χ3v) is 4.53. The van der Waals surface area contributed by atoms with E-state index in [9.17, 15) is 0 Å². The first kappa shape index (κ1) is 13.7. The maximum absolute atomic E-state index is 6.22. The van der Waals surface area contributed by atoms with Crippen LogP contribution in [0.3, 0.4) is 0 Å². The lowest BCUT2D eigenvalue weighted by atomic mass is 9.97. The SMILES string of the molecule is Clc1ccc2c(c1)-c1cc(N3CCNCC3)ccc1C=CN2. The first-order valence-corrected chi connectivity index (χ1v) is 8.02. The first-order valence-electron chi connectivity index (χ1n) is 7.64. The van der Waals surface area contributed by atoms with E-state index < -0.39 is 0 Å². The van der Waals surface area contributed by atoms with Gasteiger partial charge in [0.2, 0.25) is 0 Å². The van der Waals surface area contributed by atoms with Gasteiger partial charge in [0.15, 0.2) is 0 Å². The molecule has 0 unspecified atom stereocenters. The zero-order valence-corrected chi connectivity index (χ0v) is 13.0. The molecule has 112 valence electrons. The summed E-state index contributed by atoms with van der Waals surface area (Å²) in [6.45, 7) is 4.19. The van der Waals surface area contributed by atoms with E-state index in [1.165, 1.54) is 16.8 Å². The van der Waals surface area contributed by atoms with Crippen LogP contribution in [0.1, 0.15) is 5.56 Å². The maximum Gasteiger partial charge on any atom is 0.0460 e. The van der Waals surface area contributed by atoms with E-state index in [0.717, 1.165) is 42.5 Å². The van der Waals surface area contributed by atoms with Crippen molar-refractivity contribution in [3.8, 4) is 11.1 Å². The molecule has 0 amide bonds. The van der Waals surface area contributed by atoms with Gasteiger partial charge in [0, 0.05) is 54.3 Å². The first-order chi connectivity index (χ1) is 10.8. The summed E-state index contributed by atoms with van der Waals surface area (Å²) in [5.41, 5.74) is 5.98. The second-order valence-electron chi connectivity index (χ2n) is 5.68. The quantitative estimate of drug-likeness (QED) is 0.838. The van der Waals surface area contributed by atoms with Gasteiger partial charge in [-0.05, 0) is 47.5 Å². The number of piperazine rings is 1. The summed E-state index contributed by atoms with van der Waals surface area (Å²) in [6, 6.07) is 12.7. The number of hydrogen-bond donors (Lipinski definition) is 2. The smallest absolute Gasteiger partial charge is 0.0460 e. The molecule has 2 aliphatic heterocycles. The summed E-state index contributed by atoms with van der Waals surface area (Å²) in [5.74, 6) is 0. The van der Waals surface area contributed by atoms with Gasteiger partial charge in [-0.3, -0.25) is 0 Å². The van der Waals surface area contributed by atoms with Crippen molar-refractivity contribution in [1.29, 1.82) is 0 Å². The molecular formula is C18H18ClN3. The molecule has 0 spiro atoms. The van der Waals surface area contributed by atoms with Gasteiger partial charge in [-0.2, -0.15) is 0 Å². The predicted octanol–water partition coefficient (Wildman–Crippen LogP) is 3.81. The third kappa shape index (κ3) is 2.47. The second kappa shape index (κ2) is 5.67. The van der Waals surface area contributed by atoms with Crippen LogP contribution in [0.5, 0.6) is 0 Å². The summed E-state index contributed by atoms with van der Waals surface area (Å²) in [4.78, 5) is 2.43. The highest BCUT2D eigenvalue weighted by molar-refractivity contribution is 6.31. The van der Waals surface area contributed by atoms with Crippen LogP contribution in [0.4, 0.5) is 11.4 Å². The van der Waals surface area contributed by atoms with Crippen LogP contribution in [0.2, 0.25) is 5.02 Å². The van der Waals surface area contributed by atoms with E-state index in [0.29, 0.717) is 0 Å². The molecule has 2 heterocycles. The van der Waals surface area contributed by atoms with Gasteiger partial charge in [0.25, 0.3) is 0 Å². The van der Waals surface area contributed by atoms with Gasteiger partial charge in [0.05, 0.1) is 0 Å². The second-order valence-corrected chi connectivity index (χ2v) is 6.11. The molecule has 22 heavy (non-hydrogen) atoms. The van der Waals surface area contributed by atoms with Crippen molar-refractivity contribution >= 4 is 29.1 Å². The van der Waals surface area contributed by atoms with Gasteiger partial charge in [-0.15, -0.1) is 0 Å². The fourth-order valence-electron chi connectivity index (χ4n) is 3.13. The lowest BCUT2D eigenvalue weighted by Gasteiger charge is -2.30. The Kier molecular flexibility index (Phi) is 3.53. The normalized spacial score (nSPS) is 16.5. The fraction of sp³-hybridized carbons (Fsp3) is 0.222. The monoisotopic (exact) mass is 311 g/mol. The van der Waals surface area contributed by atoms with Crippen LogP contribution in [0.25, 0.3) is 17.2 Å². The Balaban J connectivity index is 1.83. The van der Waals surface area contributed by atoms with Gasteiger partial charge in [-0.1, -0.05) is 17.7 Å². The van der Waals surface area contributed by atoms with Crippen molar-refractivity contribution in [2.45, 2.75) is 0 Å². The predicted molar refractivity (Wildman–Crippen MR) is 94.6 cm³/mol. The molecule has 1 fully saturated rings. The molecule has 4 rings (SSSR count). The Morgan fingerprint density at radius 3 is 2.68 bits per heavy atom. The van der Waals surface area contributed by atoms with E-state index >= 15 is 0 Å². The lowest BCUT2D eigenvalue weighted by molar-refractivity contribution is 0.589.